The van der Waals surface area contributed by atoms with Crippen molar-refractivity contribution in [1.82, 2.24) is 4.98 Å². The Hall–Kier alpha value is -1.71. The van der Waals surface area contributed by atoms with Gasteiger partial charge < -0.3 is 9.47 Å². The van der Waals surface area contributed by atoms with Gasteiger partial charge in [-0.2, -0.15) is 0 Å². The zero-order valence-electron chi connectivity index (χ0n) is 16.7. The highest BCUT2D eigenvalue weighted by Gasteiger charge is 2.49. The highest BCUT2D eigenvalue weighted by atomic mass is 16.6. The molecular formula is C25H31NO2. The first-order valence-corrected chi connectivity index (χ1v) is 11.0. The van der Waals surface area contributed by atoms with E-state index in [0.717, 1.165) is 45.0 Å². The maximum absolute atomic E-state index is 6.28. The number of rotatable bonds is 5. The summed E-state index contributed by atoms with van der Waals surface area (Å²) in [7, 11) is 0. The van der Waals surface area contributed by atoms with Gasteiger partial charge in [-0.3, -0.25) is 4.98 Å². The van der Waals surface area contributed by atoms with E-state index in [0.29, 0.717) is 0 Å². The van der Waals surface area contributed by atoms with Gasteiger partial charge in [0.1, 0.15) is 0 Å². The van der Waals surface area contributed by atoms with E-state index in [1.54, 1.807) is 11.1 Å². The lowest BCUT2D eigenvalue weighted by Gasteiger charge is -2.45. The standard InChI is InChI=1S/C25H31NO2/c1-2-8-22-20(6-1)10-11-21(22)7-5-12-24(23-9-3-4-15-26-23)13-17-28-25(18-24)14-16-27-19-25/h1-4,6,8-9,15,21H,5,7,10-14,16-19H2. The second-order valence-corrected chi connectivity index (χ2v) is 9.08. The van der Waals surface area contributed by atoms with Gasteiger partial charge in [0.05, 0.1) is 12.2 Å². The number of nitrogens with zero attached hydrogens (tertiary/aromatic N) is 1. The summed E-state index contributed by atoms with van der Waals surface area (Å²) in [5.74, 6) is 0.737. The van der Waals surface area contributed by atoms with Crippen molar-refractivity contribution in [2.45, 2.75) is 68.3 Å². The second kappa shape index (κ2) is 7.61. The summed E-state index contributed by atoms with van der Waals surface area (Å²) in [6.07, 6.45) is 11.4. The van der Waals surface area contributed by atoms with Gasteiger partial charge in [-0.15, -0.1) is 0 Å². The molecule has 1 aromatic carbocycles. The van der Waals surface area contributed by atoms with E-state index in [1.807, 2.05) is 12.3 Å². The Morgan fingerprint density at radius 3 is 2.82 bits per heavy atom. The van der Waals surface area contributed by atoms with Crippen molar-refractivity contribution in [1.29, 1.82) is 0 Å². The zero-order valence-corrected chi connectivity index (χ0v) is 16.7. The Bertz CT molecular complexity index is 799. The van der Waals surface area contributed by atoms with Gasteiger partial charge >= 0.3 is 0 Å². The fourth-order valence-corrected chi connectivity index (χ4v) is 5.93. The monoisotopic (exact) mass is 377 g/mol. The van der Waals surface area contributed by atoms with Crippen LogP contribution in [0.1, 0.15) is 67.7 Å². The maximum Gasteiger partial charge on any atom is 0.0945 e. The summed E-state index contributed by atoms with van der Waals surface area (Å²) in [6, 6.07) is 15.5. The van der Waals surface area contributed by atoms with Crippen LogP contribution in [0.3, 0.4) is 0 Å². The van der Waals surface area contributed by atoms with Crippen molar-refractivity contribution in [3.05, 3.63) is 65.5 Å². The van der Waals surface area contributed by atoms with Gasteiger partial charge in [-0.05, 0) is 67.7 Å². The summed E-state index contributed by atoms with van der Waals surface area (Å²) in [6.45, 7) is 2.40. The quantitative estimate of drug-likeness (QED) is 0.719. The van der Waals surface area contributed by atoms with Gasteiger partial charge in [0.2, 0.25) is 0 Å². The summed E-state index contributed by atoms with van der Waals surface area (Å²) in [5.41, 5.74) is 4.47. The fourth-order valence-electron chi connectivity index (χ4n) is 5.93. The van der Waals surface area contributed by atoms with Crippen molar-refractivity contribution < 1.29 is 9.47 Å². The average molecular weight is 378 g/mol. The maximum atomic E-state index is 6.28. The van der Waals surface area contributed by atoms with Gasteiger partial charge in [0.25, 0.3) is 0 Å². The van der Waals surface area contributed by atoms with E-state index in [-0.39, 0.29) is 11.0 Å². The molecule has 3 heteroatoms. The molecule has 5 rings (SSSR count). The molecule has 3 unspecified atom stereocenters. The third-order valence-corrected chi connectivity index (χ3v) is 7.39. The number of pyridine rings is 1. The highest BCUT2D eigenvalue weighted by Crippen LogP contribution is 2.48. The molecule has 1 aliphatic carbocycles. The molecule has 0 saturated carbocycles. The number of aryl methyl sites for hydroxylation is 1. The Morgan fingerprint density at radius 1 is 1.04 bits per heavy atom. The zero-order chi connectivity index (χ0) is 18.9. The minimum Gasteiger partial charge on any atom is -0.378 e. The van der Waals surface area contributed by atoms with E-state index in [2.05, 4.69) is 36.4 Å². The molecule has 3 atom stereocenters. The Morgan fingerprint density at radius 2 is 1.96 bits per heavy atom. The smallest absolute Gasteiger partial charge is 0.0945 e. The Labute approximate surface area is 168 Å². The third kappa shape index (κ3) is 3.40. The van der Waals surface area contributed by atoms with Gasteiger partial charge in [0, 0.05) is 36.9 Å². The molecule has 1 spiro atoms. The van der Waals surface area contributed by atoms with Crippen molar-refractivity contribution in [3.63, 3.8) is 0 Å². The van der Waals surface area contributed by atoms with Crippen LogP contribution in [0.15, 0.2) is 48.7 Å². The van der Waals surface area contributed by atoms with Gasteiger partial charge in [-0.25, -0.2) is 0 Å². The molecule has 1 aromatic heterocycles. The Balaban J connectivity index is 1.33. The lowest BCUT2D eigenvalue weighted by Crippen LogP contribution is -2.48. The largest absolute Gasteiger partial charge is 0.378 e. The molecule has 3 nitrogen and oxygen atoms in total. The number of aromatic nitrogens is 1. The molecule has 148 valence electrons. The lowest BCUT2D eigenvalue weighted by atomic mass is 9.67. The molecular weight excluding hydrogens is 346 g/mol. The van der Waals surface area contributed by atoms with Crippen LogP contribution in [-0.4, -0.2) is 30.4 Å². The lowest BCUT2D eigenvalue weighted by molar-refractivity contribution is -0.109. The third-order valence-electron chi connectivity index (χ3n) is 7.39. The van der Waals surface area contributed by atoms with Crippen LogP contribution in [0.4, 0.5) is 0 Å². The van der Waals surface area contributed by atoms with Crippen molar-refractivity contribution in [2.75, 3.05) is 19.8 Å². The SMILES string of the molecule is c1ccc(C2(CCCC3CCc4ccccc43)CCOC3(CCOC3)C2)nc1. The number of benzene rings is 1. The van der Waals surface area contributed by atoms with E-state index in [9.17, 15) is 0 Å². The van der Waals surface area contributed by atoms with Gasteiger partial charge in [-0.1, -0.05) is 36.8 Å². The first-order chi connectivity index (χ1) is 13.8. The molecule has 2 fully saturated rings. The summed E-state index contributed by atoms with van der Waals surface area (Å²) >= 11 is 0. The number of ether oxygens (including phenoxy) is 2. The highest BCUT2D eigenvalue weighted by molar-refractivity contribution is 5.34. The van der Waals surface area contributed by atoms with Crippen LogP contribution in [0.25, 0.3) is 0 Å². The van der Waals surface area contributed by atoms with Crippen LogP contribution in [0.2, 0.25) is 0 Å². The predicted molar refractivity (Wildman–Crippen MR) is 111 cm³/mol. The first-order valence-electron chi connectivity index (χ1n) is 11.0. The summed E-state index contributed by atoms with van der Waals surface area (Å²) in [5, 5.41) is 0. The average Bonchev–Trinajstić information content (AvgIpc) is 3.36. The summed E-state index contributed by atoms with van der Waals surface area (Å²) < 4.78 is 12.0. The molecule has 28 heavy (non-hydrogen) atoms. The fraction of sp³-hybridized carbons (Fsp3) is 0.560. The molecule has 0 amide bonds. The van der Waals surface area contributed by atoms with Crippen molar-refractivity contribution >= 4 is 0 Å². The van der Waals surface area contributed by atoms with Gasteiger partial charge in [0.15, 0.2) is 0 Å². The van der Waals surface area contributed by atoms with Crippen LogP contribution >= 0.6 is 0 Å². The summed E-state index contributed by atoms with van der Waals surface area (Å²) in [4.78, 5) is 4.82. The van der Waals surface area contributed by atoms with Crippen molar-refractivity contribution in [3.8, 4) is 0 Å². The van der Waals surface area contributed by atoms with Crippen LogP contribution in [0, 0.1) is 0 Å². The van der Waals surface area contributed by atoms with Crippen LogP contribution in [0.5, 0.6) is 0 Å². The molecule has 2 saturated heterocycles. The molecule has 3 aliphatic rings. The van der Waals surface area contributed by atoms with Crippen LogP contribution in [-0.2, 0) is 21.3 Å². The molecule has 2 aromatic rings. The Kier molecular flexibility index (Phi) is 4.98. The first kappa shape index (κ1) is 18.3. The van der Waals surface area contributed by atoms with Crippen LogP contribution < -0.4 is 0 Å². The number of hydrogen-bond donors (Lipinski definition) is 0. The topological polar surface area (TPSA) is 31.4 Å². The predicted octanol–water partition coefficient (Wildman–Crippen LogP) is 5.19. The molecule has 0 N–H and O–H groups in total. The van der Waals surface area contributed by atoms with E-state index >= 15 is 0 Å². The second-order valence-electron chi connectivity index (χ2n) is 9.08. The minimum atomic E-state index is -0.0876. The number of hydrogen-bond acceptors (Lipinski definition) is 3. The molecule has 0 radical (unpaired) electrons. The molecule has 3 heterocycles. The minimum absolute atomic E-state index is 0.0876. The van der Waals surface area contributed by atoms with E-state index in [1.165, 1.54) is 37.8 Å². The van der Waals surface area contributed by atoms with Crippen molar-refractivity contribution in [2.24, 2.45) is 0 Å². The molecule has 0 bridgehead atoms. The normalized spacial score (nSPS) is 31.9. The van der Waals surface area contributed by atoms with E-state index in [4.69, 9.17) is 14.5 Å². The number of fused-ring (bicyclic) bond motifs is 1. The van der Waals surface area contributed by atoms with E-state index < -0.39 is 0 Å². The molecule has 2 aliphatic heterocycles.